The van der Waals surface area contributed by atoms with Crippen molar-refractivity contribution in [1.82, 2.24) is 29.4 Å². The van der Waals surface area contributed by atoms with E-state index in [0.29, 0.717) is 75.7 Å². The molecule has 2 aliphatic heterocycles. The first-order valence-electron chi connectivity index (χ1n) is 17.0. The van der Waals surface area contributed by atoms with Gasteiger partial charge < -0.3 is 19.3 Å². The number of urea groups is 2. The van der Waals surface area contributed by atoms with Crippen LogP contribution in [0.5, 0.6) is 0 Å². The zero-order valence-electron chi connectivity index (χ0n) is 29.0. The first kappa shape index (κ1) is 37.8. The summed E-state index contributed by atoms with van der Waals surface area (Å²) in [5.74, 6) is 0.121. The number of aryl methyl sites for hydroxylation is 2. The Morgan fingerprint density at radius 3 is 1.67 bits per heavy atom. The van der Waals surface area contributed by atoms with Gasteiger partial charge in [0.25, 0.3) is 11.1 Å². The summed E-state index contributed by atoms with van der Waals surface area (Å²) < 4.78 is 40.7. The fourth-order valence-electron chi connectivity index (χ4n) is 5.63. The minimum absolute atomic E-state index is 0.00525. The number of nitrogens with zero attached hydrogens (tertiary/aromatic N) is 6. The van der Waals surface area contributed by atoms with Crippen LogP contribution in [0.4, 0.5) is 30.0 Å². The maximum atomic E-state index is 13.6. The monoisotopic (exact) mass is 720 g/mol. The predicted molar refractivity (Wildman–Crippen MR) is 189 cm³/mol. The van der Waals surface area contributed by atoms with E-state index in [1.165, 1.54) is 65.9 Å². The van der Waals surface area contributed by atoms with Gasteiger partial charge in [0.1, 0.15) is 11.6 Å². The molecule has 0 spiro atoms. The molecule has 2 aromatic heterocycles. The first-order chi connectivity index (χ1) is 25.0. The Hall–Kier alpha value is -5.48. The van der Waals surface area contributed by atoms with Crippen LogP contribution in [0.1, 0.15) is 36.8 Å². The largest absolute Gasteiger partial charge is 0.373 e. The number of carbonyl (C=O) groups is 2. The van der Waals surface area contributed by atoms with Crippen molar-refractivity contribution in [2.75, 3.05) is 36.8 Å². The van der Waals surface area contributed by atoms with Gasteiger partial charge in [-0.3, -0.25) is 20.2 Å². The lowest BCUT2D eigenvalue weighted by atomic mass is 10.1. The third-order valence-electron chi connectivity index (χ3n) is 8.66. The van der Waals surface area contributed by atoms with Gasteiger partial charge in [0.05, 0.1) is 25.4 Å². The first-order valence-corrected chi connectivity index (χ1v) is 17.0. The summed E-state index contributed by atoms with van der Waals surface area (Å²) >= 11 is 0. The van der Waals surface area contributed by atoms with E-state index in [9.17, 15) is 28.0 Å². The number of carbonyl (C=O) groups excluding carboxylic acids is 2. The molecular weight excluding hydrogens is 678 g/mol. The van der Waals surface area contributed by atoms with Gasteiger partial charge in [0, 0.05) is 58.0 Å². The summed E-state index contributed by atoms with van der Waals surface area (Å²) in [4.78, 5) is 50.6. The number of halogens is 2. The number of aromatic nitrogens is 4. The van der Waals surface area contributed by atoms with Crippen molar-refractivity contribution in [3.8, 4) is 0 Å². The Morgan fingerprint density at radius 2 is 1.19 bits per heavy atom. The van der Waals surface area contributed by atoms with E-state index < -0.39 is 0 Å². The Morgan fingerprint density at radius 1 is 0.692 bits per heavy atom. The molecule has 0 saturated carbocycles. The maximum absolute atomic E-state index is 13.6. The molecule has 0 unspecified atom stereocenters. The number of hydrogen-bond acceptors (Lipinski definition) is 8. The molecule has 2 aliphatic rings. The lowest BCUT2D eigenvalue weighted by Gasteiger charge is -2.31. The van der Waals surface area contributed by atoms with Crippen LogP contribution in [0.3, 0.4) is 0 Å². The highest BCUT2D eigenvalue weighted by molar-refractivity contribution is 5.88. The predicted octanol–water partition coefficient (Wildman–Crippen LogP) is 4.27. The number of hydrogen-bond donors (Lipinski definition) is 2. The lowest BCUT2D eigenvalue weighted by molar-refractivity contribution is 0.00426. The molecule has 2 aromatic carbocycles. The second-order valence-electron chi connectivity index (χ2n) is 12.4. The molecule has 0 radical (unpaired) electrons. The number of likely N-dealkylation sites (tertiary alicyclic amines) is 2. The van der Waals surface area contributed by atoms with Crippen LogP contribution in [0.25, 0.3) is 0 Å². The van der Waals surface area contributed by atoms with Crippen LogP contribution in [-0.2, 0) is 36.8 Å². The number of benzene rings is 2. The Labute approximate surface area is 298 Å². The van der Waals surface area contributed by atoms with Gasteiger partial charge in [-0.15, -0.1) is 0 Å². The Bertz CT molecular complexity index is 1940. The van der Waals surface area contributed by atoms with E-state index in [-0.39, 0.29) is 53.6 Å². The molecular formula is C36H42F2N8O6. The van der Waals surface area contributed by atoms with Gasteiger partial charge in [0.2, 0.25) is 0 Å². The molecule has 276 valence electrons. The average molecular weight is 721 g/mol. The van der Waals surface area contributed by atoms with Crippen molar-refractivity contribution in [3.63, 3.8) is 0 Å². The van der Waals surface area contributed by atoms with Gasteiger partial charge in [0.15, 0.2) is 11.6 Å². The molecule has 52 heavy (non-hydrogen) atoms. The number of piperidine rings is 2. The molecule has 4 amide bonds. The topological polar surface area (TPSA) is 153 Å². The van der Waals surface area contributed by atoms with Gasteiger partial charge in [-0.2, -0.15) is 10.2 Å². The highest BCUT2D eigenvalue weighted by atomic mass is 19.1. The maximum Gasteiger partial charge on any atom is 0.323 e. The lowest BCUT2D eigenvalue weighted by Crippen LogP contribution is -2.43. The Balaban J connectivity index is 0.000000201. The number of rotatable bonds is 8. The van der Waals surface area contributed by atoms with Gasteiger partial charge >= 0.3 is 12.1 Å². The fourth-order valence-corrected chi connectivity index (χ4v) is 5.63. The van der Waals surface area contributed by atoms with Crippen molar-refractivity contribution >= 4 is 23.7 Å². The van der Waals surface area contributed by atoms with Gasteiger partial charge in [-0.25, -0.2) is 27.7 Å². The zero-order chi connectivity index (χ0) is 37.0. The van der Waals surface area contributed by atoms with Crippen LogP contribution in [0.15, 0.2) is 82.4 Å². The average Bonchev–Trinajstić information content (AvgIpc) is 3.14. The third kappa shape index (κ3) is 11.0. The molecule has 0 atom stereocenters. The van der Waals surface area contributed by atoms with E-state index in [2.05, 4.69) is 20.8 Å². The number of anilines is 2. The van der Waals surface area contributed by atoms with Crippen molar-refractivity contribution in [2.24, 2.45) is 14.1 Å². The SMILES string of the molecule is Cn1nc(NC(=O)N2CCC(OCc3cccc(F)c3)CC2)ccc1=O.Cn1nc(NC(=O)N2CCC(OCc3ccccc3F)CC2)ccc1=O. The molecule has 0 aliphatic carbocycles. The fraction of sp³-hybridized carbons (Fsp3) is 0.389. The van der Waals surface area contributed by atoms with E-state index in [0.717, 1.165) is 5.56 Å². The highest BCUT2D eigenvalue weighted by Gasteiger charge is 2.25. The zero-order valence-corrected chi connectivity index (χ0v) is 29.0. The van der Waals surface area contributed by atoms with Crippen LogP contribution in [0, 0.1) is 11.6 Å². The molecule has 2 N–H and O–H groups in total. The molecule has 4 aromatic rings. The van der Waals surface area contributed by atoms with Gasteiger partial charge in [-0.05, 0) is 61.6 Å². The highest BCUT2D eigenvalue weighted by Crippen LogP contribution is 2.19. The van der Waals surface area contributed by atoms with E-state index in [1.54, 1.807) is 34.1 Å². The van der Waals surface area contributed by atoms with Crippen LogP contribution >= 0.6 is 0 Å². The van der Waals surface area contributed by atoms with Crippen LogP contribution in [-0.4, -0.2) is 79.8 Å². The molecule has 14 nitrogen and oxygen atoms in total. The van der Waals surface area contributed by atoms with Crippen LogP contribution in [0.2, 0.25) is 0 Å². The van der Waals surface area contributed by atoms with Crippen molar-refractivity contribution in [2.45, 2.75) is 51.1 Å². The molecule has 6 rings (SSSR count). The second kappa shape index (κ2) is 18.1. The smallest absolute Gasteiger partial charge is 0.323 e. The Kier molecular flexibility index (Phi) is 13.2. The third-order valence-corrected chi connectivity index (χ3v) is 8.66. The quantitative estimate of drug-likeness (QED) is 0.274. The molecule has 16 heteroatoms. The van der Waals surface area contributed by atoms with Crippen molar-refractivity contribution in [3.05, 3.63) is 116 Å². The summed E-state index contributed by atoms with van der Waals surface area (Å²) in [5, 5.41) is 13.3. The van der Waals surface area contributed by atoms with Gasteiger partial charge in [-0.1, -0.05) is 30.3 Å². The molecule has 0 bridgehead atoms. The minimum atomic E-state index is -0.274. The standard InChI is InChI=1S/2C18H21FN4O3/c1-22-17(24)6-5-16(21-22)20-18(25)23-9-7-15(8-10-23)26-12-13-3-2-4-14(19)11-13;1-22-17(24)7-6-16(21-22)20-18(25)23-10-8-14(9-11-23)26-12-13-4-2-3-5-15(13)19/h2-6,11,15H,7-10,12H2,1H3,(H,20,21,25);2-7,14H,8-12H2,1H3,(H,20,21,25). The summed E-state index contributed by atoms with van der Waals surface area (Å²) in [6, 6.07) is 18.1. The number of amides is 4. The molecule has 2 saturated heterocycles. The summed E-state index contributed by atoms with van der Waals surface area (Å²) in [6.45, 7) is 2.79. The van der Waals surface area contributed by atoms with E-state index >= 15 is 0 Å². The molecule has 2 fully saturated rings. The van der Waals surface area contributed by atoms with E-state index in [1.807, 2.05) is 6.07 Å². The van der Waals surface area contributed by atoms with Crippen molar-refractivity contribution < 1.29 is 27.8 Å². The summed E-state index contributed by atoms with van der Waals surface area (Å²) in [5.41, 5.74) is 0.856. The summed E-state index contributed by atoms with van der Waals surface area (Å²) in [6.07, 6.45) is 2.82. The van der Waals surface area contributed by atoms with Crippen molar-refractivity contribution in [1.29, 1.82) is 0 Å². The molecule has 4 heterocycles. The number of ether oxygens (including phenoxy) is 2. The summed E-state index contributed by atoms with van der Waals surface area (Å²) in [7, 11) is 3.05. The van der Waals surface area contributed by atoms with Crippen LogP contribution < -0.4 is 21.8 Å². The second-order valence-corrected chi connectivity index (χ2v) is 12.4. The minimum Gasteiger partial charge on any atom is -0.373 e. The number of nitrogens with one attached hydrogen (secondary N) is 2. The normalized spacial score (nSPS) is 15.1. The van der Waals surface area contributed by atoms with E-state index in [4.69, 9.17) is 9.47 Å².